The summed E-state index contributed by atoms with van der Waals surface area (Å²) in [7, 11) is 3.58. The van der Waals surface area contributed by atoms with Crippen molar-refractivity contribution in [2.45, 2.75) is 6.04 Å². The number of hydrogen-bond acceptors (Lipinski definition) is 3. The van der Waals surface area contributed by atoms with Gasteiger partial charge in [0.1, 0.15) is 5.75 Å². The minimum Gasteiger partial charge on any atom is -0.496 e. The van der Waals surface area contributed by atoms with Gasteiger partial charge >= 0.3 is 0 Å². The average Bonchev–Trinajstić information content (AvgIpc) is 2.83. The molecule has 96 valence electrons. The fourth-order valence-electron chi connectivity index (χ4n) is 1.76. The predicted octanol–water partition coefficient (Wildman–Crippen LogP) is 4.37. The van der Waals surface area contributed by atoms with Crippen LogP contribution in [0.2, 0.25) is 10.0 Å². The number of halogens is 2. The number of hydrogen-bond donors (Lipinski definition) is 1. The van der Waals surface area contributed by atoms with Crippen LogP contribution in [0, 0.1) is 0 Å². The van der Waals surface area contributed by atoms with Crippen molar-refractivity contribution in [3.8, 4) is 5.75 Å². The summed E-state index contributed by atoms with van der Waals surface area (Å²) in [5.41, 5.74) is 1.08. The van der Waals surface area contributed by atoms with Gasteiger partial charge in [-0.3, -0.25) is 0 Å². The molecule has 0 spiro atoms. The van der Waals surface area contributed by atoms with Crippen molar-refractivity contribution >= 4 is 34.5 Å². The lowest BCUT2D eigenvalue weighted by atomic mass is 10.1. The van der Waals surface area contributed by atoms with Gasteiger partial charge in [-0.2, -0.15) is 0 Å². The highest BCUT2D eigenvalue weighted by molar-refractivity contribution is 7.10. The Morgan fingerprint density at radius 2 is 2.00 bits per heavy atom. The van der Waals surface area contributed by atoms with E-state index < -0.39 is 0 Å². The van der Waals surface area contributed by atoms with E-state index in [1.54, 1.807) is 18.4 Å². The van der Waals surface area contributed by atoms with E-state index in [0.717, 1.165) is 11.3 Å². The molecule has 0 amide bonds. The Labute approximate surface area is 120 Å². The van der Waals surface area contributed by atoms with Crippen LogP contribution in [0.5, 0.6) is 5.75 Å². The number of benzene rings is 1. The molecule has 2 nitrogen and oxygen atoms in total. The fraction of sp³-hybridized carbons (Fsp3) is 0.231. The summed E-state index contributed by atoms with van der Waals surface area (Å²) < 4.78 is 5.20. The van der Waals surface area contributed by atoms with Gasteiger partial charge in [0, 0.05) is 10.3 Å². The first-order valence-corrected chi connectivity index (χ1v) is 7.04. The molecule has 18 heavy (non-hydrogen) atoms. The first-order valence-electron chi connectivity index (χ1n) is 5.40. The molecule has 0 saturated carbocycles. The third kappa shape index (κ3) is 2.81. The molecular formula is C13H13Cl2NOS. The second-order valence-electron chi connectivity index (χ2n) is 3.78. The molecule has 1 aromatic carbocycles. The quantitative estimate of drug-likeness (QED) is 0.905. The standard InChI is InChI=1S/C13H13Cl2NOS/c1-16-13(12-6-9(17-2)7-18-12)8-3-4-10(14)11(15)5-8/h3-7,13,16H,1-2H3. The van der Waals surface area contributed by atoms with Crippen molar-refractivity contribution in [3.05, 3.63) is 50.1 Å². The highest BCUT2D eigenvalue weighted by atomic mass is 35.5. The summed E-state index contributed by atoms with van der Waals surface area (Å²) in [5, 5.41) is 6.39. The molecule has 0 bridgehead atoms. The Kier molecular flexibility index (Phi) is 4.51. The maximum Gasteiger partial charge on any atom is 0.129 e. The third-order valence-electron chi connectivity index (χ3n) is 2.68. The van der Waals surface area contributed by atoms with E-state index in [1.165, 1.54) is 4.88 Å². The van der Waals surface area contributed by atoms with Gasteiger partial charge in [0.25, 0.3) is 0 Å². The predicted molar refractivity (Wildman–Crippen MR) is 78.2 cm³/mol. The van der Waals surface area contributed by atoms with E-state index in [4.69, 9.17) is 27.9 Å². The lowest BCUT2D eigenvalue weighted by Gasteiger charge is -2.15. The van der Waals surface area contributed by atoms with Crippen LogP contribution < -0.4 is 10.1 Å². The van der Waals surface area contributed by atoms with E-state index in [-0.39, 0.29) is 6.04 Å². The molecule has 2 aromatic rings. The van der Waals surface area contributed by atoms with Crippen LogP contribution in [0.1, 0.15) is 16.5 Å². The molecule has 0 aliphatic carbocycles. The van der Waals surface area contributed by atoms with E-state index in [1.807, 2.05) is 36.7 Å². The van der Waals surface area contributed by atoms with Crippen molar-refractivity contribution in [3.63, 3.8) is 0 Å². The number of ether oxygens (including phenoxy) is 1. The van der Waals surface area contributed by atoms with Gasteiger partial charge in [-0.1, -0.05) is 29.3 Å². The summed E-state index contributed by atoms with van der Waals surface area (Å²) in [4.78, 5) is 1.17. The van der Waals surface area contributed by atoms with Crippen molar-refractivity contribution in [2.75, 3.05) is 14.2 Å². The summed E-state index contributed by atoms with van der Waals surface area (Å²) in [6, 6.07) is 7.79. The lowest BCUT2D eigenvalue weighted by Crippen LogP contribution is -2.16. The Morgan fingerprint density at radius 1 is 1.22 bits per heavy atom. The SMILES string of the molecule is CNC(c1ccc(Cl)c(Cl)c1)c1cc(OC)cs1. The van der Waals surface area contributed by atoms with Crippen LogP contribution in [-0.2, 0) is 0 Å². The molecule has 0 fully saturated rings. The van der Waals surface area contributed by atoms with E-state index >= 15 is 0 Å². The molecular weight excluding hydrogens is 289 g/mol. The zero-order chi connectivity index (χ0) is 13.1. The molecule has 0 saturated heterocycles. The summed E-state index contributed by atoms with van der Waals surface area (Å²) >= 11 is 13.6. The average molecular weight is 302 g/mol. The summed E-state index contributed by atoms with van der Waals surface area (Å²) in [6.07, 6.45) is 0. The molecule has 1 N–H and O–H groups in total. The number of thiophene rings is 1. The maximum absolute atomic E-state index is 6.05. The Balaban J connectivity index is 2.35. The molecule has 1 unspecified atom stereocenters. The monoisotopic (exact) mass is 301 g/mol. The molecule has 1 aromatic heterocycles. The van der Waals surface area contributed by atoms with Crippen LogP contribution >= 0.6 is 34.5 Å². The summed E-state index contributed by atoms with van der Waals surface area (Å²) in [5.74, 6) is 0.871. The smallest absolute Gasteiger partial charge is 0.129 e. The van der Waals surface area contributed by atoms with Crippen LogP contribution in [0.4, 0.5) is 0 Å². The van der Waals surface area contributed by atoms with Crippen molar-refractivity contribution in [1.82, 2.24) is 5.32 Å². The Hall–Kier alpha value is -0.740. The Bertz CT molecular complexity index is 542. The van der Waals surface area contributed by atoms with Gasteiger partial charge < -0.3 is 10.1 Å². The molecule has 1 heterocycles. The van der Waals surface area contributed by atoms with Crippen molar-refractivity contribution in [1.29, 1.82) is 0 Å². The van der Waals surface area contributed by atoms with Crippen LogP contribution in [0.3, 0.4) is 0 Å². The van der Waals surface area contributed by atoms with Crippen molar-refractivity contribution in [2.24, 2.45) is 0 Å². The normalized spacial score (nSPS) is 12.4. The van der Waals surface area contributed by atoms with Gasteiger partial charge in [-0.25, -0.2) is 0 Å². The van der Waals surface area contributed by atoms with E-state index in [9.17, 15) is 0 Å². The largest absolute Gasteiger partial charge is 0.496 e. The molecule has 2 rings (SSSR count). The highest BCUT2D eigenvalue weighted by Gasteiger charge is 2.15. The minimum absolute atomic E-state index is 0.0914. The van der Waals surface area contributed by atoms with Gasteiger partial charge in [-0.05, 0) is 30.8 Å². The Morgan fingerprint density at radius 3 is 2.56 bits per heavy atom. The number of methoxy groups -OCH3 is 1. The molecule has 1 atom stereocenters. The molecule has 5 heteroatoms. The topological polar surface area (TPSA) is 21.3 Å². The van der Waals surface area contributed by atoms with Gasteiger partial charge in [0.15, 0.2) is 0 Å². The van der Waals surface area contributed by atoms with Gasteiger partial charge in [0.05, 0.1) is 23.2 Å². The first kappa shape index (κ1) is 13.7. The van der Waals surface area contributed by atoms with E-state index in [0.29, 0.717) is 10.0 Å². The van der Waals surface area contributed by atoms with Crippen LogP contribution in [0.15, 0.2) is 29.6 Å². The highest BCUT2D eigenvalue weighted by Crippen LogP contribution is 2.33. The molecule has 0 aliphatic heterocycles. The van der Waals surface area contributed by atoms with Gasteiger partial charge in [-0.15, -0.1) is 11.3 Å². The third-order valence-corrected chi connectivity index (χ3v) is 4.40. The van der Waals surface area contributed by atoms with Crippen LogP contribution in [-0.4, -0.2) is 14.2 Å². The zero-order valence-electron chi connectivity index (χ0n) is 10.0. The molecule has 0 aliphatic rings. The lowest BCUT2D eigenvalue weighted by molar-refractivity contribution is 0.416. The second kappa shape index (κ2) is 5.93. The first-order chi connectivity index (χ1) is 8.65. The zero-order valence-corrected chi connectivity index (χ0v) is 12.4. The number of rotatable bonds is 4. The molecule has 0 radical (unpaired) electrons. The number of nitrogens with one attached hydrogen (secondary N) is 1. The van der Waals surface area contributed by atoms with Crippen LogP contribution in [0.25, 0.3) is 0 Å². The van der Waals surface area contributed by atoms with E-state index in [2.05, 4.69) is 5.32 Å². The van der Waals surface area contributed by atoms with Crippen molar-refractivity contribution < 1.29 is 4.74 Å². The maximum atomic E-state index is 6.05. The second-order valence-corrected chi connectivity index (χ2v) is 5.54. The van der Waals surface area contributed by atoms with Gasteiger partial charge in [0.2, 0.25) is 0 Å². The minimum atomic E-state index is 0.0914. The summed E-state index contributed by atoms with van der Waals surface area (Å²) in [6.45, 7) is 0. The fourth-order valence-corrected chi connectivity index (χ4v) is 3.06.